The van der Waals surface area contributed by atoms with Gasteiger partial charge in [-0.05, 0) is 49.4 Å². The van der Waals surface area contributed by atoms with Gasteiger partial charge in [-0.25, -0.2) is 9.97 Å². The Kier molecular flexibility index (Phi) is 7.04. The fourth-order valence-electron chi connectivity index (χ4n) is 3.68. The monoisotopic (exact) mass is 455 g/mol. The molecule has 0 atom stereocenters. The smallest absolute Gasteiger partial charge is 0.262 e. The molecule has 4 rings (SSSR count). The third kappa shape index (κ3) is 5.45. The van der Waals surface area contributed by atoms with E-state index in [-0.39, 0.29) is 19.1 Å². The Labute approximate surface area is 191 Å². The first-order chi connectivity index (χ1) is 15.5. The van der Waals surface area contributed by atoms with Gasteiger partial charge in [0, 0.05) is 48.8 Å². The Morgan fingerprint density at radius 1 is 1.12 bits per heavy atom. The number of carbonyl (C=O) groups excluding carboxylic acids is 1. The molecule has 2 N–H and O–H groups in total. The van der Waals surface area contributed by atoms with Crippen molar-refractivity contribution >= 4 is 40.0 Å². The van der Waals surface area contributed by atoms with E-state index >= 15 is 0 Å². The first kappa shape index (κ1) is 22.3. The van der Waals surface area contributed by atoms with E-state index in [1.165, 1.54) is 0 Å². The molecule has 168 valence electrons. The Balaban J connectivity index is 1.40. The van der Waals surface area contributed by atoms with E-state index in [0.717, 1.165) is 42.8 Å². The molecule has 1 fully saturated rings. The van der Waals surface area contributed by atoms with Crippen molar-refractivity contribution in [1.82, 2.24) is 14.9 Å². The molecule has 0 spiro atoms. The third-order valence-electron chi connectivity index (χ3n) is 5.41. The maximum atomic E-state index is 12.3. The lowest BCUT2D eigenvalue weighted by Gasteiger charge is -2.34. The van der Waals surface area contributed by atoms with E-state index in [1.807, 2.05) is 25.1 Å². The molecule has 3 aromatic rings. The molecule has 2 aromatic carbocycles. The summed E-state index contributed by atoms with van der Waals surface area (Å²) >= 11 is 5.86. The van der Waals surface area contributed by atoms with Gasteiger partial charge in [-0.1, -0.05) is 11.6 Å². The van der Waals surface area contributed by atoms with Crippen molar-refractivity contribution in [3.05, 3.63) is 53.2 Å². The van der Waals surface area contributed by atoms with Crippen LogP contribution in [-0.2, 0) is 4.79 Å². The van der Waals surface area contributed by atoms with Crippen molar-refractivity contribution in [3.63, 3.8) is 0 Å². The molecule has 0 aliphatic carbocycles. The summed E-state index contributed by atoms with van der Waals surface area (Å²) in [5, 5.41) is 13.5. The number of halogens is 1. The summed E-state index contributed by atoms with van der Waals surface area (Å²) in [6.07, 6.45) is 0. The van der Waals surface area contributed by atoms with Crippen LogP contribution >= 0.6 is 11.6 Å². The molecule has 1 amide bonds. The van der Waals surface area contributed by atoms with Crippen LogP contribution in [-0.4, -0.2) is 71.8 Å². The Bertz CT molecular complexity index is 1080. The fraction of sp³-hybridized carbons (Fsp3) is 0.348. The largest absolute Gasteiger partial charge is 0.484 e. The normalized spacial score (nSPS) is 14.5. The number of hydrogen-bond acceptors (Lipinski definition) is 7. The molecular weight excluding hydrogens is 430 g/mol. The van der Waals surface area contributed by atoms with E-state index in [1.54, 1.807) is 24.3 Å². The van der Waals surface area contributed by atoms with E-state index < -0.39 is 0 Å². The molecule has 1 aliphatic heterocycles. The zero-order chi connectivity index (χ0) is 22.5. The van der Waals surface area contributed by atoms with E-state index in [9.17, 15) is 4.79 Å². The highest BCUT2D eigenvalue weighted by Crippen LogP contribution is 2.23. The van der Waals surface area contributed by atoms with Crippen LogP contribution in [0, 0.1) is 6.92 Å². The number of benzene rings is 2. The first-order valence-corrected chi connectivity index (χ1v) is 10.9. The van der Waals surface area contributed by atoms with Crippen molar-refractivity contribution in [2.45, 2.75) is 6.92 Å². The number of ether oxygens (including phenoxy) is 1. The van der Waals surface area contributed by atoms with Gasteiger partial charge in [-0.2, -0.15) is 0 Å². The number of aromatic nitrogens is 2. The van der Waals surface area contributed by atoms with Crippen molar-refractivity contribution in [2.24, 2.45) is 0 Å². The zero-order valence-electron chi connectivity index (χ0n) is 17.9. The van der Waals surface area contributed by atoms with Crippen molar-refractivity contribution in [2.75, 3.05) is 56.2 Å². The molecule has 8 nitrogen and oxygen atoms in total. The van der Waals surface area contributed by atoms with Crippen LogP contribution in [0.5, 0.6) is 5.75 Å². The van der Waals surface area contributed by atoms with Gasteiger partial charge >= 0.3 is 0 Å². The summed E-state index contributed by atoms with van der Waals surface area (Å²) in [7, 11) is 0. The van der Waals surface area contributed by atoms with Gasteiger partial charge in [0.15, 0.2) is 6.61 Å². The summed E-state index contributed by atoms with van der Waals surface area (Å²) in [5.74, 6) is 1.04. The van der Waals surface area contributed by atoms with Crippen LogP contribution < -0.4 is 15.0 Å². The van der Waals surface area contributed by atoms with Crippen LogP contribution in [0.2, 0.25) is 5.02 Å². The summed E-state index contributed by atoms with van der Waals surface area (Å²) < 4.78 is 5.49. The number of amides is 1. The minimum atomic E-state index is -0.254. The first-order valence-electron chi connectivity index (χ1n) is 10.6. The number of hydrogen-bond donors (Lipinski definition) is 2. The second-order valence-electron chi connectivity index (χ2n) is 7.68. The average molecular weight is 456 g/mol. The molecule has 1 saturated heterocycles. The molecule has 0 saturated carbocycles. The average Bonchev–Trinajstić information content (AvgIpc) is 2.80. The van der Waals surface area contributed by atoms with Crippen molar-refractivity contribution in [3.8, 4) is 5.75 Å². The number of nitrogens with one attached hydrogen (secondary N) is 1. The summed E-state index contributed by atoms with van der Waals surface area (Å²) in [6.45, 7) is 6.14. The summed E-state index contributed by atoms with van der Waals surface area (Å²) in [6, 6.07) is 12.5. The predicted octanol–water partition coefficient (Wildman–Crippen LogP) is 2.72. The van der Waals surface area contributed by atoms with Gasteiger partial charge in [0.2, 0.25) is 5.95 Å². The maximum Gasteiger partial charge on any atom is 0.262 e. The SMILES string of the molecule is Cc1nc(N2CCN(CCO)CC2)nc2ccc(NC(=O)COc3ccc(Cl)cc3)cc12. The lowest BCUT2D eigenvalue weighted by atomic mass is 10.1. The van der Waals surface area contributed by atoms with Gasteiger partial charge in [-0.3, -0.25) is 9.69 Å². The van der Waals surface area contributed by atoms with E-state index in [0.29, 0.717) is 29.0 Å². The molecule has 1 aromatic heterocycles. The van der Waals surface area contributed by atoms with E-state index in [2.05, 4.69) is 15.1 Å². The minimum absolute atomic E-state index is 0.101. The standard InChI is InChI=1S/C23H26ClN5O3/c1-16-20-14-18(26-22(31)15-32-19-5-2-17(24)3-6-19)4-7-21(20)27-23(25-16)29-10-8-28(9-11-29)12-13-30/h2-7,14,30H,8-13,15H2,1H3,(H,26,31). The molecule has 0 unspecified atom stereocenters. The topological polar surface area (TPSA) is 90.8 Å². The summed E-state index contributed by atoms with van der Waals surface area (Å²) in [5.41, 5.74) is 2.36. The van der Waals surface area contributed by atoms with Gasteiger partial charge in [-0.15, -0.1) is 0 Å². The fourth-order valence-corrected chi connectivity index (χ4v) is 3.80. The van der Waals surface area contributed by atoms with Crippen LogP contribution in [0.3, 0.4) is 0 Å². The number of piperazine rings is 1. The highest BCUT2D eigenvalue weighted by atomic mass is 35.5. The van der Waals surface area contributed by atoms with Crippen LogP contribution in [0.4, 0.5) is 11.6 Å². The van der Waals surface area contributed by atoms with Crippen LogP contribution in [0.15, 0.2) is 42.5 Å². The molecule has 2 heterocycles. The quantitative estimate of drug-likeness (QED) is 0.566. The zero-order valence-corrected chi connectivity index (χ0v) is 18.7. The number of aliphatic hydroxyl groups is 1. The van der Waals surface area contributed by atoms with Gasteiger partial charge in [0.1, 0.15) is 5.75 Å². The Hall–Kier alpha value is -2.94. The highest BCUT2D eigenvalue weighted by molar-refractivity contribution is 6.30. The number of fused-ring (bicyclic) bond motifs is 1. The highest BCUT2D eigenvalue weighted by Gasteiger charge is 2.19. The predicted molar refractivity (Wildman–Crippen MR) is 126 cm³/mol. The second kappa shape index (κ2) is 10.1. The molecular formula is C23H26ClN5O3. The molecule has 0 radical (unpaired) electrons. The third-order valence-corrected chi connectivity index (χ3v) is 5.67. The lowest BCUT2D eigenvalue weighted by Crippen LogP contribution is -2.47. The molecule has 32 heavy (non-hydrogen) atoms. The van der Waals surface area contributed by atoms with Gasteiger partial charge in [0.25, 0.3) is 5.91 Å². The van der Waals surface area contributed by atoms with E-state index in [4.69, 9.17) is 31.4 Å². The summed E-state index contributed by atoms with van der Waals surface area (Å²) in [4.78, 5) is 26.1. The number of nitrogens with zero attached hydrogens (tertiary/aromatic N) is 4. The Morgan fingerprint density at radius 3 is 2.59 bits per heavy atom. The van der Waals surface area contributed by atoms with Crippen LogP contribution in [0.1, 0.15) is 5.69 Å². The number of β-amino-alcohol motifs (C(OH)–C–C–N with tert-alkyl or cyclic N) is 1. The molecule has 0 bridgehead atoms. The van der Waals surface area contributed by atoms with Crippen molar-refractivity contribution in [1.29, 1.82) is 0 Å². The minimum Gasteiger partial charge on any atom is -0.484 e. The number of rotatable bonds is 7. The van der Waals surface area contributed by atoms with Crippen LogP contribution in [0.25, 0.3) is 10.9 Å². The number of aryl methyl sites for hydroxylation is 1. The maximum absolute atomic E-state index is 12.3. The van der Waals surface area contributed by atoms with Gasteiger partial charge < -0.3 is 20.1 Å². The molecule has 9 heteroatoms. The lowest BCUT2D eigenvalue weighted by molar-refractivity contribution is -0.118. The number of carbonyl (C=O) groups is 1. The number of aliphatic hydroxyl groups excluding tert-OH is 1. The van der Waals surface area contributed by atoms with Crippen molar-refractivity contribution < 1.29 is 14.6 Å². The number of anilines is 2. The van der Waals surface area contributed by atoms with Gasteiger partial charge in [0.05, 0.1) is 17.8 Å². The molecule has 1 aliphatic rings. The Morgan fingerprint density at radius 2 is 1.88 bits per heavy atom. The second-order valence-corrected chi connectivity index (χ2v) is 8.12.